The molecule has 166 valence electrons. The van der Waals surface area contributed by atoms with Gasteiger partial charge in [-0.2, -0.15) is 0 Å². The molecule has 1 unspecified atom stereocenters. The van der Waals surface area contributed by atoms with Gasteiger partial charge in [0.1, 0.15) is 17.1 Å². The Hall–Kier alpha value is -4.06. The van der Waals surface area contributed by atoms with E-state index >= 15 is 0 Å². The number of carbonyl (C=O) groups is 1. The van der Waals surface area contributed by atoms with Crippen LogP contribution in [0, 0.1) is 6.92 Å². The van der Waals surface area contributed by atoms with Crippen LogP contribution in [0.15, 0.2) is 75.9 Å². The average molecular weight is 441 g/mol. The lowest BCUT2D eigenvalue weighted by Gasteiger charge is -2.25. The maximum absolute atomic E-state index is 13.7. The molecule has 33 heavy (non-hydrogen) atoms. The third-order valence-electron chi connectivity index (χ3n) is 5.86. The summed E-state index contributed by atoms with van der Waals surface area (Å²) in [7, 11) is 1.59. The van der Waals surface area contributed by atoms with Crippen molar-refractivity contribution in [2.45, 2.75) is 19.9 Å². The predicted molar refractivity (Wildman–Crippen MR) is 126 cm³/mol. The molecule has 1 aliphatic heterocycles. The van der Waals surface area contributed by atoms with E-state index in [1.807, 2.05) is 68.4 Å². The highest BCUT2D eigenvalue weighted by molar-refractivity contribution is 6.10. The third-order valence-corrected chi connectivity index (χ3v) is 5.86. The second-order valence-corrected chi connectivity index (χ2v) is 7.95. The smallest absolute Gasteiger partial charge is 0.295 e. The van der Waals surface area contributed by atoms with Crippen LogP contribution in [0.4, 0.5) is 5.69 Å². The van der Waals surface area contributed by atoms with Crippen molar-refractivity contribution in [3.63, 3.8) is 0 Å². The number of ether oxygens (including phenoxy) is 2. The van der Waals surface area contributed by atoms with E-state index in [9.17, 15) is 9.59 Å². The molecule has 5 rings (SSSR count). The zero-order valence-corrected chi connectivity index (χ0v) is 18.6. The average Bonchev–Trinajstić information content (AvgIpc) is 3.13. The van der Waals surface area contributed by atoms with Crippen LogP contribution in [0.25, 0.3) is 11.0 Å². The van der Waals surface area contributed by atoms with Crippen LogP contribution in [0.5, 0.6) is 11.5 Å². The maximum atomic E-state index is 13.7. The summed E-state index contributed by atoms with van der Waals surface area (Å²) in [4.78, 5) is 28.9. The standard InChI is InChI=1S/C27H23NO5/c1-4-32-19-11-9-18(10-12-19)28-24(17-6-5-7-20(15-17)31-3)23-25(29)21-14-16(2)8-13-22(21)33-26(23)27(28)30/h5-15,24H,4H2,1-3H3. The Morgan fingerprint density at radius 3 is 2.48 bits per heavy atom. The van der Waals surface area contributed by atoms with Crippen molar-refractivity contribution >= 4 is 22.6 Å². The number of carbonyl (C=O) groups excluding carboxylic acids is 1. The number of amides is 1. The summed E-state index contributed by atoms with van der Waals surface area (Å²) in [6.07, 6.45) is 0. The first kappa shape index (κ1) is 20.8. The molecule has 6 nitrogen and oxygen atoms in total. The molecule has 0 spiro atoms. The number of methoxy groups -OCH3 is 1. The van der Waals surface area contributed by atoms with E-state index in [1.165, 1.54) is 0 Å². The minimum absolute atomic E-state index is 0.0676. The van der Waals surface area contributed by atoms with Gasteiger partial charge < -0.3 is 13.9 Å². The van der Waals surface area contributed by atoms with Gasteiger partial charge in [0.15, 0.2) is 5.43 Å². The van der Waals surface area contributed by atoms with Crippen LogP contribution >= 0.6 is 0 Å². The van der Waals surface area contributed by atoms with Gasteiger partial charge in [-0.05, 0) is 67.9 Å². The van der Waals surface area contributed by atoms with Crippen molar-refractivity contribution in [3.05, 3.63) is 99.4 Å². The summed E-state index contributed by atoms with van der Waals surface area (Å²) in [5.74, 6) is 1.06. The maximum Gasteiger partial charge on any atom is 0.295 e. The first-order valence-corrected chi connectivity index (χ1v) is 10.8. The highest BCUT2D eigenvalue weighted by atomic mass is 16.5. The molecule has 0 saturated carbocycles. The summed E-state index contributed by atoms with van der Waals surface area (Å²) >= 11 is 0. The lowest BCUT2D eigenvalue weighted by molar-refractivity contribution is 0.0971. The second-order valence-electron chi connectivity index (χ2n) is 7.95. The van der Waals surface area contributed by atoms with Gasteiger partial charge in [0.2, 0.25) is 5.76 Å². The fraction of sp³-hybridized carbons (Fsp3) is 0.185. The topological polar surface area (TPSA) is 69.0 Å². The van der Waals surface area contributed by atoms with E-state index in [0.29, 0.717) is 40.3 Å². The number of hydrogen-bond donors (Lipinski definition) is 0. The molecule has 1 aliphatic rings. The molecule has 0 bridgehead atoms. The number of aryl methyl sites for hydroxylation is 1. The van der Waals surface area contributed by atoms with Gasteiger partial charge in [-0.3, -0.25) is 14.5 Å². The van der Waals surface area contributed by atoms with Crippen molar-refractivity contribution in [2.24, 2.45) is 0 Å². The fourth-order valence-electron chi connectivity index (χ4n) is 4.35. The van der Waals surface area contributed by atoms with Crippen LogP contribution in [-0.2, 0) is 0 Å². The summed E-state index contributed by atoms with van der Waals surface area (Å²) < 4.78 is 17.0. The van der Waals surface area contributed by atoms with Gasteiger partial charge in [-0.15, -0.1) is 0 Å². The van der Waals surface area contributed by atoms with Gasteiger partial charge in [0.05, 0.1) is 30.7 Å². The molecule has 0 saturated heterocycles. The van der Waals surface area contributed by atoms with Crippen LogP contribution in [0.2, 0.25) is 0 Å². The molecule has 0 N–H and O–H groups in total. The van der Waals surface area contributed by atoms with Gasteiger partial charge in [0.25, 0.3) is 5.91 Å². The number of nitrogens with zero attached hydrogens (tertiary/aromatic N) is 1. The van der Waals surface area contributed by atoms with Gasteiger partial charge in [-0.1, -0.05) is 23.8 Å². The monoisotopic (exact) mass is 441 g/mol. The van der Waals surface area contributed by atoms with Gasteiger partial charge in [0, 0.05) is 5.69 Å². The molecule has 0 aliphatic carbocycles. The predicted octanol–water partition coefficient (Wildman–Crippen LogP) is 5.26. The number of anilines is 1. The summed E-state index contributed by atoms with van der Waals surface area (Å²) in [5, 5.41) is 0.461. The SMILES string of the molecule is CCOc1ccc(N2C(=O)c3oc4ccc(C)cc4c(=O)c3C2c2cccc(OC)c2)cc1. The van der Waals surface area contributed by atoms with E-state index in [2.05, 4.69) is 0 Å². The first-order valence-electron chi connectivity index (χ1n) is 10.8. The number of hydrogen-bond acceptors (Lipinski definition) is 5. The molecule has 1 amide bonds. The molecule has 4 aromatic rings. The van der Waals surface area contributed by atoms with Crippen molar-refractivity contribution in [3.8, 4) is 11.5 Å². The van der Waals surface area contributed by atoms with Crippen molar-refractivity contribution in [1.82, 2.24) is 0 Å². The largest absolute Gasteiger partial charge is 0.497 e. The molecule has 0 fully saturated rings. The molecule has 6 heteroatoms. The number of rotatable bonds is 5. The van der Waals surface area contributed by atoms with Crippen LogP contribution in [0.3, 0.4) is 0 Å². The van der Waals surface area contributed by atoms with Crippen LogP contribution in [0.1, 0.15) is 40.2 Å². The number of benzene rings is 3. The lowest BCUT2D eigenvalue weighted by Crippen LogP contribution is -2.29. The Balaban J connectivity index is 1.75. The molecule has 1 aromatic heterocycles. The van der Waals surface area contributed by atoms with Crippen molar-refractivity contribution < 1.29 is 18.7 Å². The Labute approximate surface area is 191 Å². The second kappa shape index (κ2) is 8.13. The molecule has 2 heterocycles. The fourth-order valence-corrected chi connectivity index (χ4v) is 4.35. The molecular weight excluding hydrogens is 418 g/mol. The first-order chi connectivity index (χ1) is 16.0. The Morgan fingerprint density at radius 1 is 0.970 bits per heavy atom. The molecule has 3 aromatic carbocycles. The molecule has 0 radical (unpaired) electrons. The molecular formula is C27H23NO5. The Morgan fingerprint density at radius 2 is 1.76 bits per heavy atom. The van der Waals surface area contributed by atoms with E-state index in [0.717, 1.165) is 11.1 Å². The van der Waals surface area contributed by atoms with Gasteiger partial charge in [-0.25, -0.2) is 0 Å². The Bertz CT molecular complexity index is 1420. The van der Waals surface area contributed by atoms with Crippen LogP contribution in [-0.4, -0.2) is 19.6 Å². The third kappa shape index (κ3) is 3.44. The summed E-state index contributed by atoms with van der Waals surface area (Å²) in [6, 6.07) is 19.4. The van der Waals surface area contributed by atoms with Crippen molar-refractivity contribution in [1.29, 1.82) is 0 Å². The highest BCUT2D eigenvalue weighted by Crippen LogP contribution is 2.42. The Kier molecular flexibility index (Phi) is 5.13. The van der Waals surface area contributed by atoms with Gasteiger partial charge >= 0.3 is 0 Å². The zero-order chi connectivity index (χ0) is 23.1. The molecule has 1 atom stereocenters. The normalized spacial score (nSPS) is 15.1. The van der Waals surface area contributed by atoms with Crippen LogP contribution < -0.4 is 19.8 Å². The van der Waals surface area contributed by atoms with E-state index in [-0.39, 0.29) is 17.1 Å². The minimum atomic E-state index is -0.651. The zero-order valence-electron chi connectivity index (χ0n) is 18.6. The summed E-state index contributed by atoms with van der Waals surface area (Å²) in [5.41, 5.74) is 2.87. The summed E-state index contributed by atoms with van der Waals surface area (Å²) in [6.45, 7) is 4.38. The van der Waals surface area contributed by atoms with E-state index < -0.39 is 6.04 Å². The van der Waals surface area contributed by atoms with E-state index in [4.69, 9.17) is 13.9 Å². The van der Waals surface area contributed by atoms with Crippen molar-refractivity contribution in [2.75, 3.05) is 18.6 Å². The number of fused-ring (bicyclic) bond motifs is 2. The quantitative estimate of drug-likeness (QED) is 0.423. The lowest BCUT2D eigenvalue weighted by atomic mass is 9.97. The highest BCUT2D eigenvalue weighted by Gasteiger charge is 2.43. The van der Waals surface area contributed by atoms with E-state index in [1.54, 1.807) is 24.1 Å². The minimum Gasteiger partial charge on any atom is -0.497 e.